The van der Waals surface area contributed by atoms with Crippen molar-refractivity contribution in [2.24, 2.45) is 0 Å². The fourth-order valence-electron chi connectivity index (χ4n) is 2.91. The van der Waals surface area contributed by atoms with E-state index < -0.39 is 17.4 Å². The van der Waals surface area contributed by atoms with Crippen LogP contribution in [0.4, 0.5) is 0 Å². The van der Waals surface area contributed by atoms with Gasteiger partial charge in [0.1, 0.15) is 5.54 Å². The molecule has 1 saturated carbocycles. The maximum absolute atomic E-state index is 12.5. The number of nitrogens with one attached hydrogen (secondary N) is 1. The molecular weight excluding hydrogens is 302 g/mol. The summed E-state index contributed by atoms with van der Waals surface area (Å²) in [6.07, 6.45) is 4.35. The number of carboxylic acids is 1. The van der Waals surface area contributed by atoms with Crippen LogP contribution in [0.15, 0.2) is 21.1 Å². The highest BCUT2D eigenvalue weighted by Gasteiger charge is 2.40. The molecule has 1 aliphatic carbocycles. The molecular formula is C15H17N3O5. The Hall–Kier alpha value is -2.64. The second kappa shape index (κ2) is 5.86. The van der Waals surface area contributed by atoms with E-state index in [0.717, 1.165) is 19.3 Å². The maximum Gasteiger partial charge on any atom is 0.371 e. The van der Waals surface area contributed by atoms with Gasteiger partial charge in [0.15, 0.2) is 11.6 Å². The van der Waals surface area contributed by atoms with Gasteiger partial charge in [-0.25, -0.2) is 4.79 Å². The molecule has 0 radical (unpaired) electrons. The summed E-state index contributed by atoms with van der Waals surface area (Å²) >= 11 is 0. The maximum atomic E-state index is 12.5. The number of rotatable bonds is 4. The first kappa shape index (κ1) is 15.3. The molecule has 3 rings (SSSR count). The number of carbonyl (C=O) groups excluding carboxylic acids is 1. The number of amides is 1. The lowest BCUT2D eigenvalue weighted by Crippen LogP contribution is -2.48. The quantitative estimate of drug-likeness (QED) is 0.887. The second-order valence-corrected chi connectivity index (χ2v) is 5.70. The molecule has 23 heavy (non-hydrogen) atoms. The summed E-state index contributed by atoms with van der Waals surface area (Å²) in [5, 5.41) is 15.8. The average Bonchev–Trinajstić information content (AvgIpc) is 3.17. The van der Waals surface area contributed by atoms with Gasteiger partial charge in [-0.15, -0.1) is 0 Å². The lowest BCUT2D eigenvalue weighted by molar-refractivity contribution is 0.0657. The zero-order valence-corrected chi connectivity index (χ0v) is 12.7. The molecule has 0 saturated heterocycles. The molecule has 1 fully saturated rings. The Morgan fingerprint density at radius 1 is 1.22 bits per heavy atom. The number of carbonyl (C=O) groups is 2. The summed E-state index contributed by atoms with van der Waals surface area (Å²) < 4.78 is 10.1. The van der Waals surface area contributed by atoms with Gasteiger partial charge in [-0.3, -0.25) is 4.79 Å². The van der Waals surface area contributed by atoms with E-state index in [1.807, 2.05) is 0 Å². The SMILES string of the molecule is Cc1nc(C2(NC(=O)c3ccc(C(=O)O)o3)CCCCC2)no1. The molecule has 8 heteroatoms. The van der Waals surface area contributed by atoms with Crippen LogP contribution in [0.5, 0.6) is 0 Å². The summed E-state index contributed by atoms with van der Waals surface area (Å²) in [6, 6.07) is 2.60. The first-order chi connectivity index (χ1) is 11.0. The molecule has 0 spiro atoms. The van der Waals surface area contributed by atoms with E-state index in [0.29, 0.717) is 24.6 Å². The monoisotopic (exact) mass is 319 g/mol. The molecule has 0 unspecified atom stereocenters. The van der Waals surface area contributed by atoms with Crippen molar-refractivity contribution in [2.45, 2.75) is 44.6 Å². The number of aryl methyl sites for hydroxylation is 1. The van der Waals surface area contributed by atoms with Crippen molar-refractivity contribution >= 4 is 11.9 Å². The molecule has 0 aliphatic heterocycles. The summed E-state index contributed by atoms with van der Waals surface area (Å²) in [5.74, 6) is -1.14. The van der Waals surface area contributed by atoms with Gasteiger partial charge in [0.05, 0.1) is 0 Å². The largest absolute Gasteiger partial charge is 0.475 e. The molecule has 0 bridgehead atoms. The molecule has 1 aliphatic rings. The first-order valence-electron chi connectivity index (χ1n) is 7.47. The molecule has 122 valence electrons. The third-order valence-corrected chi connectivity index (χ3v) is 4.06. The van der Waals surface area contributed by atoms with E-state index in [4.69, 9.17) is 14.0 Å². The number of hydrogen-bond donors (Lipinski definition) is 2. The number of aromatic carboxylic acids is 1. The van der Waals surface area contributed by atoms with Crippen molar-refractivity contribution in [2.75, 3.05) is 0 Å². The Morgan fingerprint density at radius 2 is 1.91 bits per heavy atom. The lowest BCUT2D eigenvalue weighted by Gasteiger charge is -2.34. The smallest absolute Gasteiger partial charge is 0.371 e. The van der Waals surface area contributed by atoms with Crippen LogP contribution in [-0.2, 0) is 5.54 Å². The zero-order chi connectivity index (χ0) is 16.4. The van der Waals surface area contributed by atoms with E-state index in [1.54, 1.807) is 6.92 Å². The highest BCUT2D eigenvalue weighted by Crippen LogP contribution is 2.36. The average molecular weight is 319 g/mol. The Balaban J connectivity index is 1.86. The topological polar surface area (TPSA) is 118 Å². The predicted molar refractivity (Wildman–Crippen MR) is 76.9 cm³/mol. The van der Waals surface area contributed by atoms with Gasteiger partial charge in [0.2, 0.25) is 11.7 Å². The van der Waals surface area contributed by atoms with E-state index >= 15 is 0 Å². The fraction of sp³-hybridized carbons (Fsp3) is 0.467. The van der Waals surface area contributed by atoms with Gasteiger partial charge in [0.25, 0.3) is 5.91 Å². The molecule has 2 N–H and O–H groups in total. The molecule has 8 nitrogen and oxygen atoms in total. The van der Waals surface area contributed by atoms with Crippen LogP contribution >= 0.6 is 0 Å². The van der Waals surface area contributed by atoms with Gasteiger partial charge in [0, 0.05) is 6.92 Å². The van der Waals surface area contributed by atoms with Gasteiger partial charge in [-0.05, 0) is 25.0 Å². The Labute approximate surface area is 131 Å². The van der Waals surface area contributed by atoms with Crippen LogP contribution in [0, 0.1) is 6.92 Å². The van der Waals surface area contributed by atoms with Crippen molar-refractivity contribution in [1.29, 1.82) is 0 Å². The minimum Gasteiger partial charge on any atom is -0.475 e. The third kappa shape index (κ3) is 2.96. The molecule has 2 heterocycles. The fourth-order valence-corrected chi connectivity index (χ4v) is 2.91. The van der Waals surface area contributed by atoms with E-state index in [1.165, 1.54) is 12.1 Å². The lowest BCUT2D eigenvalue weighted by atomic mass is 9.81. The number of hydrogen-bond acceptors (Lipinski definition) is 6. The van der Waals surface area contributed by atoms with Crippen LogP contribution in [0.3, 0.4) is 0 Å². The zero-order valence-electron chi connectivity index (χ0n) is 12.7. The number of nitrogens with zero attached hydrogens (tertiary/aromatic N) is 2. The van der Waals surface area contributed by atoms with Gasteiger partial charge in [-0.2, -0.15) is 4.98 Å². The van der Waals surface area contributed by atoms with E-state index in [-0.39, 0.29) is 11.5 Å². The van der Waals surface area contributed by atoms with Crippen LogP contribution in [-0.4, -0.2) is 27.1 Å². The van der Waals surface area contributed by atoms with Gasteiger partial charge in [-0.1, -0.05) is 24.4 Å². The van der Waals surface area contributed by atoms with Crippen molar-refractivity contribution in [1.82, 2.24) is 15.5 Å². The first-order valence-corrected chi connectivity index (χ1v) is 7.47. The Morgan fingerprint density at radius 3 is 2.48 bits per heavy atom. The van der Waals surface area contributed by atoms with E-state index in [2.05, 4.69) is 15.5 Å². The van der Waals surface area contributed by atoms with Gasteiger partial charge >= 0.3 is 5.97 Å². The highest BCUT2D eigenvalue weighted by atomic mass is 16.5. The van der Waals surface area contributed by atoms with Crippen LogP contribution in [0.2, 0.25) is 0 Å². The molecule has 2 aromatic heterocycles. The summed E-state index contributed by atoms with van der Waals surface area (Å²) in [4.78, 5) is 27.6. The standard InChI is InChI=1S/C15H17N3O5/c1-9-16-14(18-23-9)15(7-3-2-4-8-15)17-12(19)10-5-6-11(22-10)13(20)21/h5-6H,2-4,7-8H2,1H3,(H,17,19)(H,20,21). The van der Waals surface area contributed by atoms with Crippen molar-refractivity contribution in [3.8, 4) is 0 Å². The minimum absolute atomic E-state index is 0.0486. The summed E-state index contributed by atoms with van der Waals surface area (Å²) in [7, 11) is 0. The minimum atomic E-state index is -1.22. The Kier molecular flexibility index (Phi) is 3.89. The van der Waals surface area contributed by atoms with Crippen LogP contribution in [0.1, 0.15) is 64.9 Å². The molecule has 0 atom stereocenters. The third-order valence-electron chi connectivity index (χ3n) is 4.06. The van der Waals surface area contributed by atoms with E-state index in [9.17, 15) is 9.59 Å². The van der Waals surface area contributed by atoms with Crippen LogP contribution in [0.25, 0.3) is 0 Å². The molecule has 0 aromatic carbocycles. The number of aromatic nitrogens is 2. The second-order valence-electron chi connectivity index (χ2n) is 5.70. The molecule has 2 aromatic rings. The normalized spacial score (nSPS) is 16.9. The van der Waals surface area contributed by atoms with Crippen molar-refractivity contribution < 1.29 is 23.6 Å². The van der Waals surface area contributed by atoms with Crippen LogP contribution < -0.4 is 5.32 Å². The molecule has 1 amide bonds. The van der Waals surface area contributed by atoms with Crippen molar-refractivity contribution in [3.63, 3.8) is 0 Å². The summed E-state index contributed by atoms with van der Waals surface area (Å²) in [6.45, 7) is 1.69. The predicted octanol–water partition coefficient (Wildman–Crippen LogP) is 2.26. The van der Waals surface area contributed by atoms with Crippen molar-refractivity contribution in [3.05, 3.63) is 35.4 Å². The summed E-state index contributed by atoms with van der Waals surface area (Å²) in [5.41, 5.74) is -0.705. The number of carboxylic acid groups (broad SMARTS) is 1. The highest BCUT2D eigenvalue weighted by molar-refractivity contribution is 5.94. The Bertz CT molecular complexity index is 727. The van der Waals surface area contributed by atoms with Gasteiger partial charge < -0.3 is 19.4 Å². The number of furan rings is 1.